The predicted octanol–water partition coefficient (Wildman–Crippen LogP) is 1.41. The lowest BCUT2D eigenvalue weighted by atomic mass is 9.99. The highest BCUT2D eigenvalue weighted by molar-refractivity contribution is 5.62. The Labute approximate surface area is 96.1 Å². The number of anilines is 2. The van der Waals surface area contributed by atoms with E-state index >= 15 is 0 Å². The first-order chi connectivity index (χ1) is 7.83. The third-order valence-corrected chi connectivity index (χ3v) is 3.18. The van der Waals surface area contributed by atoms with Gasteiger partial charge in [-0.25, -0.2) is 4.98 Å². The maximum absolute atomic E-state index is 9.07. The zero-order valence-electron chi connectivity index (χ0n) is 9.47. The number of aliphatic hydroxyl groups excluding tert-OH is 1. The van der Waals surface area contributed by atoms with Crippen molar-refractivity contribution < 1.29 is 5.11 Å². The monoisotopic (exact) mass is 221 g/mol. The van der Waals surface area contributed by atoms with Crippen molar-refractivity contribution in [3.05, 3.63) is 18.3 Å². The summed E-state index contributed by atoms with van der Waals surface area (Å²) in [6.45, 7) is 1.22. The summed E-state index contributed by atoms with van der Waals surface area (Å²) >= 11 is 0. The van der Waals surface area contributed by atoms with Crippen molar-refractivity contribution in [1.82, 2.24) is 4.98 Å². The Morgan fingerprint density at radius 3 is 3.12 bits per heavy atom. The van der Waals surface area contributed by atoms with Crippen molar-refractivity contribution in [3.63, 3.8) is 0 Å². The number of piperidine rings is 1. The molecular formula is C12H19N3O. The molecule has 0 aliphatic carbocycles. The van der Waals surface area contributed by atoms with E-state index in [4.69, 9.17) is 10.8 Å². The van der Waals surface area contributed by atoms with Crippen LogP contribution in [0.4, 0.5) is 11.5 Å². The van der Waals surface area contributed by atoms with Gasteiger partial charge in [0, 0.05) is 25.4 Å². The van der Waals surface area contributed by atoms with Gasteiger partial charge in [0.15, 0.2) is 5.82 Å². The van der Waals surface area contributed by atoms with Gasteiger partial charge in [0.1, 0.15) is 0 Å². The number of aromatic nitrogens is 1. The minimum absolute atomic E-state index is 0.230. The fourth-order valence-corrected chi connectivity index (χ4v) is 2.38. The summed E-state index contributed by atoms with van der Waals surface area (Å²) in [5.41, 5.74) is 6.67. The van der Waals surface area contributed by atoms with Crippen LogP contribution in [0.3, 0.4) is 0 Å². The van der Waals surface area contributed by atoms with Crippen molar-refractivity contribution in [2.24, 2.45) is 0 Å². The maximum atomic E-state index is 9.07. The molecule has 2 rings (SSSR count). The topological polar surface area (TPSA) is 62.4 Å². The van der Waals surface area contributed by atoms with Crippen LogP contribution in [0.5, 0.6) is 0 Å². The van der Waals surface area contributed by atoms with Crippen molar-refractivity contribution in [3.8, 4) is 0 Å². The van der Waals surface area contributed by atoms with Gasteiger partial charge in [-0.15, -0.1) is 0 Å². The molecule has 0 radical (unpaired) electrons. The molecule has 4 nitrogen and oxygen atoms in total. The van der Waals surface area contributed by atoms with Crippen LogP contribution >= 0.6 is 0 Å². The highest BCUT2D eigenvalue weighted by atomic mass is 16.3. The first-order valence-electron chi connectivity index (χ1n) is 5.91. The molecule has 1 fully saturated rings. The molecule has 1 saturated heterocycles. The van der Waals surface area contributed by atoms with Crippen LogP contribution in [0, 0.1) is 0 Å². The summed E-state index contributed by atoms with van der Waals surface area (Å²) in [5.74, 6) is 0.876. The minimum Gasteiger partial charge on any atom is -0.396 e. The van der Waals surface area contributed by atoms with Crippen LogP contribution in [0.25, 0.3) is 0 Å². The number of nitrogens with zero attached hydrogens (tertiary/aromatic N) is 2. The van der Waals surface area contributed by atoms with Gasteiger partial charge in [0.25, 0.3) is 0 Å². The molecule has 0 unspecified atom stereocenters. The predicted molar refractivity (Wildman–Crippen MR) is 65.3 cm³/mol. The van der Waals surface area contributed by atoms with E-state index in [2.05, 4.69) is 9.88 Å². The number of nitrogen functional groups attached to an aromatic ring is 1. The zero-order chi connectivity index (χ0) is 11.4. The quantitative estimate of drug-likeness (QED) is 0.810. The average molecular weight is 221 g/mol. The Hall–Kier alpha value is -1.29. The summed E-state index contributed by atoms with van der Waals surface area (Å²) in [6.07, 6.45) is 6.11. The molecule has 1 aliphatic rings. The average Bonchev–Trinajstić information content (AvgIpc) is 2.31. The standard InChI is InChI=1S/C12H19N3O/c13-11-5-3-7-14-12(11)15-8-2-1-4-10(15)6-9-16/h3,5,7,10,16H,1-2,4,6,8-9,13H2/t10-/m0/s1. The SMILES string of the molecule is Nc1cccnc1N1CCCC[C@H]1CCO. The van der Waals surface area contributed by atoms with Crippen LogP contribution < -0.4 is 10.6 Å². The van der Waals surface area contributed by atoms with E-state index < -0.39 is 0 Å². The summed E-state index contributed by atoms with van der Waals surface area (Å²) in [6, 6.07) is 4.12. The Bertz CT molecular complexity index is 341. The molecule has 0 aromatic carbocycles. The molecule has 1 aromatic rings. The van der Waals surface area contributed by atoms with E-state index in [1.807, 2.05) is 12.1 Å². The summed E-state index contributed by atoms with van der Waals surface area (Å²) in [4.78, 5) is 6.60. The molecular weight excluding hydrogens is 202 g/mol. The molecule has 1 atom stereocenters. The normalized spacial score (nSPS) is 21.1. The number of nitrogens with two attached hydrogens (primary N) is 1. The maximum Gasteiger partial charge on any atom is 0.152 e. The molecule has 4 heteroatoms. The van der Waals surface area contributed by atoms with Crippen LogP contribution in [0.2, 0.25) is 0 Å². The molecule has 88 valence electrons. The van der Waals surface area contributed by atoms with E-state index in [-0.39, 0.29) is 6.61 Å². The molecule has 1 aromatic heterocycles. The molecule has 2 heterocycles. The summed E-state index contributed by atoms with van der Waals surface area (Å²) in [5, 5.41) is 9.07. The second-order valence-electron chi connectivity index (χ2n) is 4.27. The van der Waals surface area contributed by atoms with Gasteiger partial charge in [0.05, 0.1) is 5.69 Å². The van der Waals surface area contributed by atoms with Crippen LogP contribution in [-0.2, 0) is 0 Å². The number of pyridine rings is 1. The summed E-state index contributed by atoms with van der Waals surface area (Å²) < 4.78 is 0. The van der Waals surface area contributed by atoms with Gasteiger partial charge >= 0.3 is 0 Å². The number of rotatable bonds is 3. The van der Waals surface area contributed by atoms with Crippen LogP contribution in [-0.4, -0.2) is 29.3 Å². The lowest BCUT2D eigenvalue weighted by Gasteiger charge is -2.37. The first kappa shape index (κ1) is 11.2. The number of hydrogen-bond donors (Lipinski definition) is 2. The Morgan fingerprint density at radius 1 is 1.50 bits per heavy atom. The smallest absolute Gasteiger partial charge is 0.152 e. The van der Waals surface area contributed by atoms with E-state index in [1.54, 1.807) is 6.20 Å². The molecule has 0 saturated carbocycles. The Balaban J connectivity index is 2.19. The van der Waals surface area contributed by atoms with E-state index in [0.717, 1.165) is 30.9 Å². The Morgan fingerprint density at radius 2 is 2.38 bits per heavy atom. The highest BCUT2D eigenvalue weighted by Crippen LogP contribution is 2.28. The third-order valence-electron chi connectivity index (χ3n) is 3.18. The van der Waals surface area contributed by atoms with Gasteiger partial charge in [-0.05, 0) is 37.8 Å². The lowest BCUT2D eigenvalue weighted by Crippen LogP contribution is -2.41. The third kappa shape index (κ3) is 2.27. The molecule has 0 amide bonds. The highest BCUT2D eigenvalue weighted by Gasteiger charge is 2.24. The minimum atomic E-state index is 0.230. The van der Waals surface area contributed by atoms with E-state index in [1.165, 1.54) is 12.8 Å². The van der Waals surface area contributed by atoms with Gasteiger partial charge in [-0.1, -0.05) is 0 Å². The van der Waals surface area contributed by atoms with Crippen LogP contribution in [0.1, 0.15) is 25.7 Å². The van der Waals surface area contributed by atoms with Gasteiger partial charge < -0.3 is 15.7 Å². The van der Waals surface area contributed by atoms with Crippen molar-refractivity contribution in [2.45, 2.75) is 31.7 Å². The van der Waals surface area contributed by atoms with Crippen molar-refractivity contribution >= 4 is 11.5 Å². The zero-order valence-corrected chi connectivity index (χ0v) is 9.47. The molecule has 0 spiro atoms. The first-order valence-corrected chi connectivity index (χ1v) is 5.91. The number of aliphatic hydroxyl groups is 1. The fourth-order valence-electron chi connectivity index (χ4n) is 2.38. The molecule has 3 N–H and O–H groups in total. The number of hydrogen-bond acceptors (Lipinski definition) is 4. The second-order valence-corrected chi connectivity index (χ2v) is 4.27. The second kappa shape index (κ2) is 5.16. The Kier molecular flexibility index (Phi) is 3.62. The van der Waals surface area contributed by atoms with Crippen LogP contribution in [0.15, 0.2) is 18.3 Å². The fraction of sp³-hybridized carbons (Fsp3) is 0.583. The summed E-state index contributed by atoms with van der Waals surface area (Å²) in [7, 11) is 0. The van der Waals surface area contributed by atoms with Crippen molar-refractivity contribution in [1.29, 1.82) is 0 Å². The van der Waals surface area contributed by atoms with Crippen molar-refractivity contribution in [2.75, 3.05) is 23.8 Å². The molecule has 1 aliphatic heterocycles. The van der Waals surface area contributed by atoms with E-state index in [9.17, 15) is 0 Å². The largest absolute Gasteiger partial charge is 0.396 e. The van der Waals surface area contributed by atoms with Gasteiger partial charge in [-0.3, -0.25) is 0 Å². The molecule has 16 heavy (non-hydrogen) atoms. The molecule has 0 bridgehead atoms. The van der Waals surface area contributed by atoms with Gasteiger partial charge in [-0.2, -0.15) is 0 Å². The van der Waals surface area contributed by atoms with E-state index in [0.29, 0.717) is 6.04 Å². The van der Waals surface area contributed by atoms with Gasteiger partial charge in [0.2, 0.25) is 0 Å². The lowest BCUT2D eigenvalue weighted by molar-refractivity contribution is 0.262.